The van der Waals surface area contributed by atoms with Crippen LogP contribution in [-0.2, 0) is 20.9 Å². The number of rotatable bonds is 9. The molecule has 0 radical (unpaired) electrons. The molecule has 1 aliphatic rings. The van der Waals surface area contributed by atoms with Gasteiger partial charge in [-0.15, -0.1) is 0 Å². The summed E-state index contributed by atoms with van der Waals surface area (Å²) in [5.41, 5.74) is 2.20. The van der Waals surface area contributed by atoms with Crippen molar-refractivity contribution in [1.82, 2.24) is 0 Å². The second-order valence-electron chi connectivity index (χ2n) is 8.33. The van der Waals surface area contributed by atoms with Crippen molar-refractivity contribution < 1.29 is 19.0 Å². The molecule has 4 atom stereocenters. The van der Waals surface area contributed by atoms with Crippen LogP contribution in [0.2, 0.25) is 0 Å². The van der Waals surface area contributed by atoms with Crippen LogP contribution in [-0.4, -0.2) is 32.2 Å². The van der Waals surface area contributed by atoms with Crippen LogP contribution in [0.4, 0.5) is 0 Å². The van der Waals surface area contributed by atoms with E-state index in [4.69, 9.17) is 14.2 Å². The molecule has 4 nitrogen and oxygen atoms in total. The van der Waals surface area contributed by atoms with E-state index < -0.39 is 0 Å². The Morgan fingerprint density at radius 2 is 1.89 bits per heavy atom. The van der Waals surface area contributed by atoms with Gasteiger partial charge in [-0.05, 0) is 49.8 Å². The summed E-state index contributed by atoms with van der Waals surface area (Å²) in [5.74, 6) is 1.52. The van der Waals surface area contributed by atoms with Gasteiger partial charge in [-0.25, -0.2) is 0 Å². The fraction of sp³-hybridized carbons (Fsp3) is 0.625. The summed E-state index contributed by atoms with van der Waals surface area (Å²) in [6.07, 6.45) is 4.70. The predicted molar refractivity (Wildman–Crippen MR) is 112 cm³/mol. The summed E-state index contributed by atoms with van der Waals surface area (Å²) in [5, 5.41) is 0. The molecule has 0 bridgehead atoms. The Bertz CT molecular complexity index is 647. The largest absolute Gasteiger partial charge is 0.497 e. The summed E-state index contributed by atoms with van der Waals surface area (Å²) in [7, 11) is 3.35. The van der Waals surface area contributed by atoms with E-state index in [1.54, 1.807) is 14.2 Å². The monoisotopic (exact) mass is 388 g/mol. The number of ketones is 1. The molecule has 1 aromatic rings. The second-order valence-corrected chi connectivity index (χ2v) is 8.33. The van der Waals surface area contributed by atoms with Crippen molar-refractivity contribution in [1.29, 1.82) is 0 Å². The molecule has 4 heteroatoms. The lowest BCUT2D eigenvalue weighted by Crippen LogP contribution is -2.49. The minimum absolute atomic E-state index is 0.0225. The number of allylic oxidation sites excluding steroid dienone is 1. The van der Waals surface area contributed by atoms with E-state index in [2.05, 4.69) is 26.8 Å². The summed E-state index contributed by atoms with van der Waals surface area (Å²) >= 11 is 0. The molecule has 1 aromatic carbocycles. The van der Waals surface area contributed by atoms with Crippen LogP contribution in [0, 0.1) is 17.8 Å². The lowest BCUT2D eigenvalue weighted by Gasteiger charge is -2.39. The number of Topliss-reactive ketones (excluding diaryl/α,β-unsaturated/α-hetero) is 1. The molecule has 0 aromatic heterocycles. The Hall–Kier alpha value is -1.65. The summed E-state index contributed by atoms with van der Waals surface area (Å²) in [4.78, 5) is 12.9. The number of hydrogen-bond acceptors (Lipinski definition) is 4. The van der Waals surface area contributed by atoms with Crippen molar-refractivity contribution in [2.75, 3.05) is 14.2 Å². The molecule has 0 aliphatic heterocycles. The number of carbonyl (C=O) groups is 1. The number of hydrogen-bond donors (Lipinski definition) is 0. The Kier molecular flexibility index (Phi) is 8.71. The first-order valence-electron chi connectivity index (χ1n) is 10.3. The van der Waals surface area contributed by atoms with Crippen LogP contribution in [0.1, 0.15) is 52.5 Å². The van der Waals surface area contributed by atoms with E-state index in [9.17, 15) is 4.79 Å². The molecule has 0 N–H and O–H groups in total. The van der Waals surface area contributed by atoms with Crippen molar-refractivity contribution in [3.63, 3.8) is 0 Å². The minimum Gasteiger partial charge on any atom is -0.497 e. The third-order valence-electron chi connectivity index (χ3n) is 5.67. The van der Waals surface area contributed by atoms with E-state index in [-0.39, 0.29) is 29.8 Å². The normalized spacial score (nSPS) is 26.0. The van der Waals surface area contributed by atoms with Crippen molar-refractivity contribution in [2.45, 2.75) is 65.8 Å². The van der Waals surface area contributed by atoms with Gasteiger partial charge in [0.1, 0.15) is 11.5 Å². The quantitative estimate of drug-likeness (QED) is 0.545. The molecule has 2 rings (SSSR count). The van der Waals surface area contributed by atoms with Crippen LogP contribution in [0.25, 0.3) is 0 Å². The molecule has 28 heavy (non-hydrogen) atoms. The molecule has 1 saturated carbocycles. The van der Waals surface area contributed by atoms with Crippen LogP contribution in [0.3, 0.4) is 0 Å². The lowest BCUT2D eigenvalue weighted by atomic mass is 9.73. The van der Waals surface area contributed by atoms with Crippen molar-refractivity contribution in [2.24, 2.45) is 17.8 Å². The maximum Gasteiger partial charge on any atom is 0.145 e. The first kappa shape index (κ1) is 22.6. The highest BCUT2D eigenvalue weighted by atomic mass is 16.5. The maximum absolute atomic E-state index is 12.9. The van der Waals surface area contributed by atoms with Gasteiger partial charge in [0.25, 0.3) is 0 Å². The zero-order valence-electron chi connectivity index (χ0n) is 18.2. The van der Waals surface area contributed by atoms with Crippen LogP contribution < -0.4 is 4.74 Å². The molecule has 0 spiro atoms. The third-order valence-corrected chi connectivity index (χ3v) is 5.67. The van der Waals surface area contributed by atoms with Crippen LogP contribution in [0.15, 0.2) is 35.9 Å². The van der Waals surface area contributed by atoms with E-state index >= 15 is 0 Å². The smallest absolute Gasteiger partial charge is 0.145 e. The van der Waals surface area contributed by atoms with Gasteiger partial charge < -0.3 is 14.2 Å². The van der Waals surface area contributed by atoms with Crippen LogP contribution in [0.5, 0.6) is 5.75 Å². The molecule has 1 aliphatic carbocycles. The first-order chi connectivity index (χ1) is 13.4. The van der Waals surface area contributed by atoms with Gasteiger partial charge in [-0.1, -0.05) is 44.6 Å². The Morgan fingerprint density at radius 1 is 1.21 bits per heavy atom. The summed E-state index contributed by atoms with van der Waals surface area (Å²) < 4.78 is 17.3. The third kappa shape index (κ3) is 5.92. The van der Waals surface area contributed by atoms with E-state index in [1.807, 2.05) is 31.2 Å². The van der Waals surface area contributed by atoms with E-state index in [0.29, 0.717) is 18.9 Å². The van der Waals surface area contributed by atoms with Gasteiger partial charge in [0, 0.05) is 13.0 Å². The zero-order chi connectivity index (χ0) is 20.7. The molecule has 0 amide bonds. The molecule has 0 heterocycles. The molecule has 156 valence electrons. The first-order valence-corrected chi connectivity index (χ1v) is 10.3. The zero-order valence-corrected chi connectivity index (χ0v) is 18.2. The number of ether oxygens (including phenoxy) is 3. The number of benzene rings is 1. The van der Waals surface area contributed by atoms with E-state index in [1.165, 1.54) is 0 Å². The van der Waals surface area contributed by atoms with Crippen molar-refractivity contribution in [3.05, 3.63) is 41.5 Å². The minimum atomic E-state index is -0.239. The Labute approximate surface area is 170 Å². The van der Waals surface area contributed by atoms with Crippen molar-refractivity contribution >= 4 is 5.78 Å². The molecule has 0 unspecified atom stereocenters. The standard InChI is InChI=1S/C24H36O4/c1-16(2)8-7-9-17(3)22-23(25)18(4)14-21(24(22)27-6)28-15-19-10-12-20(26-5)13-11-19/h9-13,16,18,21-22,24H,7-8,14-15H2,1-6H3/t18-,21+,22+,24+/m0/s1. The highest BCUT2D eigenvalue weighted by molar-refractivity contribution is 5.87. The average Bonchev–Trinajstić information content (AvgIpc) is 2.68. The van der Waals surface area contributed by atoms with Gasteiger partial charge in [-0.3, -0.25) is 4.79 Å². The fourth-order valence-corrected chi connectivity index (χ4v) is 3.91. The van der Waals surface area contributed by atoms with Gasteiger partial charge in [0.05, 0.1) is 31.8 Å². The number of methoxy groups -OCH3 is 2. The lowest BCUT2D eigenvalue weighted by molar-refractivity contribution is -0.150. The predicted octanol–water partition coefficient (Wildman–Crippen LogP) is 5.20. The average molecular weight is 389 g/mol. The Balaban J connectivity index is 2.09. The highest BCUT2D eigenvalue weighted by Gasteiger charge is 2.43. The second kappa shape index (κ2) is 10.8. The summed E-state index contributed by atoms with van der Waals surface area (Å²) in [6.45, 7) is 9.01. The highest BCUT2D eigenvalue weighted by Crippen LogP contribution is 2.35. The number of carbonyl (C=O) groups excluding carboxylic acids is 1. The molecular weight excluding hydrogens is 352 g/mol. The van der Waals surface area contributed by atoms with Crippen molar-refractivity contribution in [3.8, 4) is 5.75 Å². The summed E-state index contributed by atoms with van der Waals surface area (Å²) in [6, 6.07) is 7.88. The van der Waals surface area contributed by atoms with E-state index in [0.717, 1.165) is 29.7 Å². The van der Waals surface area contributed by atoms with Gasteiger partial charge in [-0.2, -0.15) is 0 Å². The van der Waals surface area contributed by atoms with Gasteiger partial charge in [0.2, 0.25) is 0 Å². The SMILES string of the molecule is COc1ccc(CO[C@@H]2C[C@H](C)C(=O)[C@@H](C(C)=CCCC(C)C)[C@@H]2OC)cc1. The fourth-order valence-electron chi connectivity index (χ4n) is 3.91. The molecular formula is C24H36O4. The molecule has 0 saturated heterocycles. The topological polar surface area (TPSA) is 44.8 Å². The van der Waals surface area contributed by atoms with Gasteiger partial charge >= 0.3 is 0 Å². The maximum atomic E-state index is 12.9. The van der Waals surface area contributed by atoms with Gasteiger partial charge in [0.15, 0.2) is 0 Å². The van der Waals surface area contributed by atoms with Crippen LogP contribution >= 0.6 is 0 Å². The molecule has 1 fully saturated rings. The Morgan fingerprint density at radius 3 is 2.46 bits per heavy atom.